The first kappa shape index (κ1) is 13.2. The number of nitrogens with one attached hydrogen (secondary N) is 1. The van der Waals surface area contributed by atoms with Crippen molar-refractivity contribution in [1.82, 2.24) is 10.2 Å². The third kappa shape index (κ3) is 2.79. The van der Waals surface area contributed by atoms with Crippen LogP contribution in [0.2, 0.25) is 0 Å². The average Bonchev–Trinajstić information content (AvgIpc) is 2.37. The molecule has 2 amide bonds. The monoisotopic (exact) mass is 310 g/mol. The summed E-state index contributed by atoms with van der Waals surface area (Å²) in [5, 5.41) is 2.94. The highest BCUT2D eigenvalue weighted by Gasteiger charge is 2.32. The van der Waals surface area contributed by atoms with Crippen LogP contribution < -0.4 is 5.32 Å². The average molecular weight is 311 g/mol. The topological polar surface area (TPSA) is 49.4 Å². The lowest BCUT2D eigenvalue weighted by Gasteiger charge is -2.31. The highest BCUT2D eigenvalue weighted by Crippen LogP contribution is 2.14. The van der Waals surface area contributed by atoms with Crippen LogP contribution in [-0.4, -0.2) is 29.3 Å². The molecule has 0 aromatic heterocycles. The van der Waals surface area contributed by atoms with Gasteiger partial charge in [0.1, 0.15) is 0 Å². The van der Waals surface area contributed by atoms with Gasteiger partial charge in [0, 0.05) is 4.47 Å². The van der Waals surface area contributed by atoms with Gasteiger partial charge in [0.25, 0.3) is 0 Å². The van der Waals surface area contributed by atoms with E-state index in [2.05, 4.69) is 21.2 Å². The highest BCUT2D eigenvalue weighted by atomic mass is 79.9. The van der Waals surface area contributed by atoms with Crippen molar-refractivity contribution in [3.63, 3.8) is 0 Å². The zero-order chi connectivity index (χ0) is 13.1. The summed E-state index contributed by atoms with van der Waals surface area (Å²) >= 11 is 3.36. The molecule has 1 unspecified atom stereocenters. The molecule has 1 N–H and O–H groups in total. The molecule has 1 aromatic rings. The number of piperazine rings is 1. The molecule has 1 fully saturated rings. The minimum absolute atomic E-state index is 0.128. The molecule has 2 rings (SSSR count). The second kappa shape index (κ2) is 5.63. The summed E-state index contributed by atoms with van der Waals surface area (Å²) in [6.45, 7) is 2.52. The van der Waals surface area contributed by atoms with Crippen molar-refractivity contribution in [3.05, 3.63) is 34.3 Å². The number of rotatable bonds is 3. The van der Waals surface area contributed by atoms with Crippen LogP contribution in [0.4, 0.5) is 0 Å². The van der Waals surface area contributed by atoms with E-state index in [9.17, 15) is 9.59 Å². The zero-order valence-corrected chi connectivity index (χ0v) is 11.7. The van der Waals surface area contributed by atoms with Gasteiger partial charge in [0.2, 0.25) is 11.8 Å². The van der Waals surface area contributed by atoms with Gasteiger partial charge < -0.3 is 0 Å². The van der Waals surface area contributed by atoms with Crippen molar-refractivity contribution in [3.8, 4) is 0 Å². The highest BCUT2D eigenvalue weighted by molar-refractivity contribution is 9.10. The van der Waals surface area contributed by atoms with E-state index >= 15 is 0 Å². The van der Waals surface area contributed by atoms with Crippen molar-refractivity contribution < 1.29 is 9.59 Å². The van der Waals surface area contributed by atoms with Gasteiger partial charge in [-0.1, -0.05) is 35.0 Å². The Hall–Kier alpha value is -1.20. The summed E-state index contributed by atoms with van der Waals surface area (Å²) in [4.78, 5) is 25.2. The molecule has 4 nitrogen and oxygen atoms in total. The Morgan fingerprint density at radius 3 is 2.61 bits per heavy atom. The Bertz CT molecular complexity index is 459. The number of carbonyl (C=O) groups excluding carboxylic acids is 2. The Kier molecular flexibility index (Phi) is 4.14. The maximum atomic E-state index is 12.1. The summed E-state index contributed by atoms with van der Waals surface area (Å²) in [5.74, 6) is -0.288. The number of halogens is 1. The van der Waals surface area contributed by atoms with E-state index in [-0.39, 0.29) is 24.4 Å². The first-order chi connectivity index (χ1) is 8.61. The number of hydrogen-bond acceptors (Lipinski definition) is 3. The predicted molar refractivity (Wildman–Crippen MR) is 71.8 cm³/mol. The molecule has 0 spiro atoms. The summed E-state index contributed by atoms with van der Waals surface area (Å²) < 4.78 is 0.982. The van der Waals surface area contributed by atoms with E-state index in [0.29, 0.717) is 13.0 Å². The van der Waals surface area contributed by atoms with E-state index in [1.54, 1.807) is 0 Å². The van der Waals surface area contributed by atoms with Crippen LogP contribution in [0.15, 0.2) is 28.7 Å². The van der Waals surface area contributed by atoms with Gasteiger partial charge in [-0.15, -0.1) is 0 Å². The van der Waals surface area contributed by atoms with Crippen molar-refractivity contribution in [2.24, 2.45) is 0 Å². The summed E-state index contributed by atoms with van der Waals surface area (Å²) in [6, 6.07) is 7.40. The van der Waals surface area contributed by atoms with Crippen LogP contribution >= 0.6 is 15.9 Å². The van der Waals surface area contributed by atoms with Crippen LogP contribution in [0.3, 0.4) is 0 Å². The van der Waals surface area contributed by atoms with E-state index in [0.717, 1.165) is 10.0 Å². The number of nitrogens with zero attached hydrogens (tertiary/aromatic N) is 1. The molecule has 0 radical (unpaired) electrons. The molecule has 1 heterocycles. The fourth-order valence-corrected chi connectivity index (χ4v) is 2.23. The van der Waals surface area contributed by atoms with E-state index in [1.165, 1.54) is 4.90 Å². The van der Waals surface area contributed by atoms with Gasteiger partial charge in [0.15, 0.2) is 0 Å². The molecule has 1 saturated heterocycles. The lowest BCUT2D eigenvalue weighted by atomic mass is 10.1. The maximum absolute atomic E-state index is 12.1. The smallest absolute Gasteiger partial charge is 0.246 e. The van der Waals surface area contributed by atoms with Crippen LogP contribution in [0.5, 0.6) is 0 Å². The molecule has 0 saturated carbocycles. The third-order valence-corrected chi connectivity index (χ3v) is 3.56. The van der Waals surface area contributed by atoms with Gasteiger partial charge in [-0.05, 0) is 24.1 Å². The van der Waals surface area contributed by atoms with Gasteiger partial charge in [0.05, 0.1) is 19.1 Å². The fraction of sp³-hybridized carbons (Fsp3) is 0.385. The van der Waals surface area contributed by atoms with Crippen LogP contribution in [0, 0.1) is 0 Å². The summed E-state index contributed by atoms with van der Waals surface area (Å²) in [6.07, 6.45) is 0.697. The first-order valence-corrected chi connectivity index (χ1v) is 6.73. The van der Waals surface area contributed by atoms with Crippen molar-refractivity contribution >= 4 is 27.7 Å². The maximum Gasteiger partial charge on any atom is 0.246 e. The molecule has 96 valence electrons. The van der Waals surface area contributed by atoms with Gasteiger partial charge in [-0.3, -0.25) is 19.8 Å². The summed E-state index contributed by atoms with van der Waals surface area (Å²) in [7, 11) is 0. The lowest BCUT2D eigenvalue weighted by Crippen LogP contribution is -2.57. The third-order valence-electron chi connectivity index (χ3n) is 3.03. The van der Waals surface area contributed by atoms with Gasteiger partial charge in [-0.25, -0.2) is 0 Å². The van der Waals surface area contributed by atoms with Gasteiger partial charge in [-0.2, -0.15) is 0 Å². The van der Waals surface area contributed by atoms with E-state index in [1.807, 2.05) is 31.2 Å². The second-order valence-corrected chi connectivity index (χ2v) is 5.20. The molecule has 0 aliphatic carbocycles. The van der Waals surface area contributed by atoms with Crippen molar-refractivity contribution in [1.29, 1.82) is 0 Å². The molecular weight excluding hydrogens is 296 g/mol. The van der Waals surface area contributed by atoms with Crippen LogP contribution in [0.1, 0.15) is 18.9 Å². The number of imide groups is 1. The predicted octanol–water partition coefficient (Wildman–Crippen LogP) is 1.69. The second-order valence-electron chi connectivity index (χ2n) is 4.29. The number of benzene rings is 1. The standard InChI is InChI=1S/C13H15BrN2O2/c1-2-11-13(18)16(12(17)7-15-11)8-9-3-5-10(14)6-4-9/h3-6,11,15H,2,7-8H2,1H3. The molecule has 1 aromatic carbocycles. The number of hydrogen-bond donors (Lipinski definition) is 1. The molecule has 1 aliphatic heterocycles. The largest absolute Gasteiger partial charge is 0.297 e. The van der Waals surface area contributed by atoms with E-state index < -0.39 is 0 Å². The summed E-state index contributed by atoms with van der Waals surface area (Å²) in [5.41, 5.74) is 0.955. The Morgan fingerprint density at radius 2 is 2.00 bits per heavy atom. The Morgan fingerprint density at radius 1 is 1.33 bits per heavy atom. The molecule has 0 bridgehead atoms. The SMILES string of the molecule is CCC1NCC(=O)N(Cc2ccc(Br)cc2)C1=O. The molecular formula is C13H15BrN2O2. The van der Waals surface area contributed by atoms with E-state index in [4.69, 9.17) is 0 Å². The lowest BCUT2D eigenvalue weighted by molar-refractivity contribution is -0.150. The fourth-order valence-electron chi connectivity index (χ4n) is 1.96. The minimum atomic E-state index is -0.238. The quantitative estimate of drug-likeness (QED) is 0.864. The number of amides is 2. The molecule has 5 heteroatoms. The first-order valence-electron chi connectivity index (χ1n) is 5.94. The van der Waals surface area contributed by atoms with Crippen LogP contribution in [-0.2, 0) is 16.1 Å². The zero-order valence-electron chi connectivity index (χ0n) is 10.1. The van der Waals surface area contributed by atoms with Crippen molar-refractivity contribution in [2.45, 2.75) is 25.9 Å². The molecule has 1 aliphatic rings. The minimum Gasteiger partial charge on any atom is -0.297 e. The van der Waals surface area contributed by atoms with Crippen LogP contribution in [0.25, 0.3) is 0 Å². The van der Waals surface area contributed by atoms with Crippen molar-refractivity contribution in [2.75, 3.05) is 6.54 Å². The molecule has 1 atom stereocenters. The normalized spacial score (nSPS) is 20.3. The Labute approximate surface area is 114 Å². The van der Waals surface area contributed by atoms with Gasteiger partial charge >= 0.3 is 0 Å². The number of carbonyl (C=O) groups is 2. The Balaban J connectivity index is 2.13. The molecule has 18 heavy (non-hydrogen) atoms.